The van der Waals surface area contributed by atoms with E-state index in [9.17, 15) is 0 Å². The molecule has 0 radical (unpaired) electrons. The van der Waals surface area contributed by atoms with Crippen molar-refractivity contribution in [1.29, 1.82) is 0 Å². The number of hydrogen-bond acceptors (Lipinski definition) is 5. The highest BCUT2D eigenvalue weighted by Crippen LogP contribution is 2.26. The number of benzene rings is 1. The smallest absolute Gasteiger partial charge is 0.173 e. The summed E-state index contributed by atoms with van der Waals surface area (Å²) in [6.07, 6.45) is 2.70. The van der Waals surface area contributed by atoms with Crippen molar-refractivity contribution in [1.82, 2.24) is 4.98 Å². The van der Waals surface area contributed by atoms with Gasteiger partial charge in [0.2, 0.25) is 0 Å². The van der Waals surface area contributed by atoms with Crippen LogP contribution >= 0.6 is 0 Å². The van der Waals surface area contributed by atoms with Gasteiger partial charge in [0.1, 0.15) is 12.4 Å². The van der Waals surface area contributed by atoms with Gasteiger partial charge in [0.05, 0.1) is 6.61 Å². The largest absolute Gasteiger partial charge is 0.492 e. The third kappa shape index (κ3) is 4.65. The van der Waals surface area contributed by atoms with E-state index < -0.39 is 0 Å². The van der Waals surface area contributed by atoms with Crippen LogP contribution in [0, 0.1) is 0 Å². The monoisotopic (exact) mass is 287 g/mol. The summed E-state index contributed by atoms with van der Waals surface area (Å²) in [6, 6.07) is 11.4. The van der Waals surface area contributed by atoms with Gasteiger partial charge in [-0.3, -0.25) is 0 Å². The van der Waals surface area contributed by atoms with E-state index in [2.05, 4.69) is 17.2 Å². The Morgan fingerprint density at radius 2 is 1.90 bits per heavy atom. The van der Waals surface area contributed by atoms with E-state index in [-0.39, 0.29) is 0 Å². The van der Waals surface area contributed by atoms with Gasteiger partial charge in [0, 0.05) is 18.4 Å². The van der Waals surface area contributed by atoms with Crippen LogP contribution in [0.5, 0.6) is 11.5 Å². The summed E-state index contributed by atoms with van der Waals surface area (Å²) in [5, 5.41) is 3.25. The summed E-state index contributed by atoms with van der Waals surface area (Å²) in [5.74, 6) is 2.26. The van der Waals surface area contributed by atoms with Gasteiger partial charge in [-0.25, -0.2) is 4.98 Å². The van der Waals surface area contributed by atoms with Gasteiger partial charge >= 0.3 is 0 Å². The number of anilines is 2. The maximum absolute atomic E-state index is 5.67. The molecule has 5 heteroatoms. The van der Waals surface area contributed by atoms with Gasteiger partial charge in [0.15, 0.2) is 11.6 Å². The van der Waals surface area contributed by atoms with Crippen LogP contribution in [-0.4, -0.2) is 24.7 Å². The van der Waals surface area contributed by atoms with Crippen LogP contribution in [0.2, 0.25) is 0 Å². The lowest BCUT2D eigenvalue weighted by Gasteiger charge is -2.12. The summed E-state index contributed by atoms with van der Waals surface area (Å²) in [7, 11) is 0. The van der Waals surface area contributed by atoms with Gasteiger partial charge in [-0.1, -0.05) is 6.92 Å². The maximum Gasteiger partial charge on any atom is 0.173 e. The molecule has 0 aliphatic rings. The van der Waals surface area contributed by atoms with Crippen molar-refractivity contribution in [2.45, 2.75) is 13.3 Å². The number of nitrogens with zero attached hydrogens (tertiary/aromatic N) is 1. The fraction of sp³-hybridized carbons (Fsp3) is 0.312. The Balaban J connectivity index is 2.04. The topological polar surface area (TPSA) is 69.4 Å². The minimum absolute atomic E-state index is 0.506. The van der Waals surface area contributed by atoms with Crippen molar-refractivity contribution in [3.05, 3.63) is 42.6 Å². The third-order valence-electron chi connectivity index (χ3n) is 2.74. The first-order valence-corrected chi connectivity index (χ1v) is 7.11. The Morgan fingerprint density at radius 1 is 1.10 bits per heavy atom. The van der Waals surface area contributed by atoms with Gasteiger partial charge < -0.3 is 20.5 Å². The zero-order valence-corrected chi connectivity index (χ0v) is 12.2. The molecule has 0 atom stereocenters. The SMILES string of the molecule is CCCOc1cccnc1Nc1ccc(OCCN)cc1. The number of aromatic nitrogens is 1. The van der Waals surface area contributed by atoms with Gasteiger partial charge in [-0.05, 0) is 42.8 Å². The van der Waals surface area contributed by atoms with Crippen LogP contribution in [0.1, 0.15) is 13.3 Å². The molecule has 0 unspecified atom stereocenters. The second-order valence-electron chi connectivity index (χ2n) is 4.49. The molecule has 112 valence electrons. The molecular formula is C16H21N3O2. The molecule has 2 rings (SSSR count). The Labute approximate surface area is 125 Å². The van der Waals surface area contributed by atoms with Crippen LogP contribution in [0.15, 0.2) is 42.6 Å². The highest BCUT2D eigenvalue weighted by atomic mass is 16.5. The Morgan fingerprint density at radius 3 is 2.62 bits per heavy atom. The molecule has 0 amide bonds. The average Bonchev–Trinajstić information content (AvgIpc) is 2.53. The van der Waals surface area contributed by atoms with E-state index in [1.54, 1.807) is 6.20 Å². The van der Waals surface area contributed by atoms with Gasteiger partial charge in [0.25, 0.3) is 0 Å². The first-order valence-electron chi connectivity index (χ1n) is 7.11. The molecule has 0 saturated heterocycles. The first kappa shape index (κ1) is 15.1. The van der Waals surface area contributed by atoms with Crippen LogP contribution in [-0.2, 0) is 0 Å². The summed E-state index contributed by atoms with van der Waals surface area (Å²) in [4.78, 5) is 4.32. The highest BCUT2D eigenvalue weighted by molar-refractivity contribution is 5.62. The normalized spacial score (nSPS) is 10.2. The van der Waals surface area contributed by atoms with Crippen LogP contribution in [0.25, 0.3) is 0 Å². The average molecular weight is 287 g/mol. The lowest BCUT2D eigenvalue weighted by atomic mass is 10.3. The highest BCUT2D eigenvalue weighted by Gasteiger charge is 2.05. The van der Waals surface area contributed by atoms with E-state index in [1.807, 2.05) is 36.4 Å². The van der Waals surface area contributed by atoms with Crippen molar-refractivity contribution in [3.63, 3.8) is 0 Å². The summed E-state index contributed by atoms with van der Waals surface area (Å²) < 4.78 is 11.1. The molecule has 0 spiro atoms. The number of nitrogens with two attached hydrogens (primary N) is 1. The molecule has 2 aromatic rings. The molecular weight excluding hydrogens is 266 g/mol. The quantitative estimate of drug-likeness (QED) is 0.781. The number of nitrogens with one attached hydrogen (secondary N) is 1. The molecule has 0 bridgehead atoms. The second kappa shape index (κ2) is 8.11. The Hall–Kier alpha value is -2.27. The van der Waals surface area contributed by atoms with E-state index in [4.69, 9.17) is 15.2 Å². The number of rotatable bonds is 8. The summed E-state index contributed by atoms with van der Waals surface area (Å²) in [5.41, 5.74) is 6.33. The van der Waals surface area contributed by atoms with Crippen molar-refractivity contribution in [2.75, 3.05) is 25.1 Å². The molecule has 3 N–H and O–H groups in total. The lowest BCUT2D eigenvalue weighted by molar-refractivity contribution is 0.318. The van der Waals surface area contributed by atoms with Gasteiger partial charge in [-0.15, -0.1) is 0 Å². The van der Waals surface area contributed by atoms with Crippen molar-refractivity contribution < 1.29 is 9.47 Å². The molecule has 1 aromatic carbocycles. The third-order valence-corrected chi connectivity index (χ3v) is 2.74. The molecule has 1 aromatic heterocycles. The fourth-order valence-corrected chi connectivity index (χ4v) is 1.76. The van der Waals surface area contributed by atoms with E-state index in [0.717, 1.165) is 23.6 Å². The first-order chi connectivity index (χ1) is 10.3. The maximum atomic E-state index is 5.67. The fourth-order valence-electron chi connectivity index (χ4n) is 1.76. The lowest BCUT2D eigenvalue weighted by Crippen LogP contribution is -2.10. The van der Waals surface area contributed by atoms with E-state index >= 15 is 0 Å². The van der Waals surface area contributed by atoms with E-state index in [0.29, 0.717) is 25.6 Å². The van der Waals surface area contributed by atoms with Crippen LogP contribution in [0.4, 0.5) is 11.5 Å². The van der Waals surface area contributed by atoms with Crippen molar-refractivity contribution in [3.8, 4) is 11.5 Å². The second-order valence-corrected chi connectivity index (χ2v) is 4.49. The molecule has 0 aliphatic carbocycles. The van der Waals surface area contributed by atoms with Crippen molar-refractivity contribution in [2.24, 2.45) is 5.73 Å². The van der Waals surface area contributed by atoms with E-state index in [1.165, 1.54) is 0 Å². The minimum Gasteiger partial charge on any atom is -0.492 e. The summed E-state index contributed by atoms with van der Waals surface area (Å²) in [6.45, 7) is 3.77. The summed E-state index contributed by atoms with van der Waals surface area (Å²) >= 11 is 0. The van der Waals surface area contributed by atoms with Crippen molar-refractivity contribution >= 4 is 11.5 Å². The van der Waals surface area contributed by atoms with Crippen LogP contribution in [0.3, 0.4) is 0 Å². The number of hydrogen-bond donors (Lipinski definition) is 2. The molecule has 1 heterocycles. The van der Waals surface area contributed by atoms with Crippen LogP contribution < -0.4 is 20.5 Å². The zero-order chi connectivity index (χ0) is 14.9. The minimum atomic E-state index is 0.506. The standard InChI is InChI=1S/C16H21N3O2/c1-2-11-21-15-4-3-10-18-16(15)19-13-5-7-14(8-6-13)20-12-9-17/h3-8,10H,2,9,11-12,17H2,1H3,(H,18,19). The molecule has 21 heavy (non-hydrogen) atoms. The zero-order valence-electron chi connectivity index (χ0n) is 12.2. The number of pyridine rings is 1. The molecule has 5 nitrogen and oxygen atoms in total. The molecule has 0 saturated carbocycles. The Kier molecular flexibility index (Phi) is 5.84. The molecule has 0 fully saturated rings. The Bertz CT molecular complexity index is 543. The predicted molar refractivity (Wildman–Crippen MR) is 84.3 cm³/mol. The number of ether oxygens (including phenoxy) is 2. The predicted octanol–water partition coefficient (Wildman–Crippen LogP) is 2.95. The van der Waals surface area contributed by atoms with Gasteiger partial charge in [-0.2, -0.15) is 0 Å². The molecule has 0 aliphatic heterocycles.